The van der Waals surface area contributed by atoms with Crippen LogP contribution < -0.4 is 24.8 Å². The second kappa shape index (κ2) is 15.9. The van der Waals surface area contributed by atoms with Crippen molar-refractivity contribution in [1.82, 2.24) is 30.2 Å². The number of carbonyl (C=O) groups is 4. The van der Waals surface area contributed by atoms with Crippen molar-refractivity contribution in [2.45, 2.75) is 141 Å². The Kier molecular flexibility index (Phi) is 11.9. The molecular formula is C44H60N6O9S2. The number of carbonyl (C=O) groups excluding carboxylic acids is 4. The van der Waals surface area contributed by atoms with Crippen LogP contribution in [-0.2, 0) is 29.1 Å². The van der Waals surface area contributed by atoms with Crippen LogP contribution in [0.25, 0.3) is 21.6 Å². The van der Waals surface area contributed by atoms with Crippen LogP contribution in [0.2, 0.25) is 0 Å². The normalized spacial score (nSPS) is 23.9. The fourth-order valence-corrected chi connectivity index (χ4v) is 9.93. The average molecular weight is 881 g/mol. The Hall–Kier alpha value is -4.77. The number of rotatable bonds is 13. The maximum atomic E-state index is 14.9. The van der Waals surface area contributed by atoms with Crippen molar-refractivity contribution in [3.8, 4) is 22.2 Å². The number of benzene rings is 1. The van der Waals surface area contributed by atoms with E-state index < -0.39 is 78.7 Å². The molecule has 3 N–H and O–H groups in total. The third-order valence-electron chi connectivity index (χ3n) is 11.8. The SMILES string of the molecule is C=C[C@@H]1C[C@]1(NC(=O)[C@@H]1CC(C)(Oc2cc(-c3nc(C(C)C)cs3)nc3c(C)c(OC)ccc23)CN1C(=O)[C@@H](NC(=O)OC(C)(C)C)C(C)(C)C)C(=O)NS(=O)(=O)C1(C)CC1. The lowest BCUT2D eigenvalue weighted by molar-refractivity contribution is -0.143. The lowest BCUT2D eigenvalue weighted by Crippen LogP contribution is -2.60. The first-order valence-corrected chi connectivity index (χ1v) is 23.0. The summed E-state index contributed by atoms with van der Waals surface area (Å²) in [6, 6.07) is 3.10. The number of methoxy groups -OCH3 is 1. The number of likely N-dealkylation sites (tertiary alicyclic amines) is 1. The van der Waals surface area contributed by atoms with E-state index >= 15 is 0 Å². The largest absolute Gasteiger partial charge is 0.496 e. The molecule has 2 saturated carbocycles. The maximum Gasteiger partial charge on any atom is 0.408 e. The van der Waals surface area contributed by atoms with Crippen LogP contribution in [0.4, 0.5) is 4.79 Å². The van der Waals surface area contributed by atoms with Crippen molar-refractivity contribution >= 4 is 56.1 Å². The first kappa shape index (κ1) is 45.7. The van der Waals surface area contributed by atoms with E-state index in [2.05, 4.69) is 35.8 Å². The minimum Gasteiger partial charge on any atom is -0.496 e. The number of thiazole rings is 1. The highest BCUT2D eigenvalue weighted by atomic mass is 32.2. The van der Waals surface area contributed by atoms with Gasteiger partial charge in [-0.3, -0.25) is 19.1 Å². The van der Waals surface area contributed by atoms with Gasteiger partial charge in [0.2, 0.25) is 21.8 Å². The topological polar surface area (TPSA) is 195 Å². The molecule has 332 valence electrons. The summed E-state index contributed by atoms with van der Waals surface area (Å²) in [4.78, 5) is 68.0. The fraction of sp³-hybridized carbons (Fsp3) is 0.591. The molecule has 3 aliphatic rings. The molecular weight excluding hydrogens is 821 g/mol. The number of amides is 4. The molecule has 6 rings (SSSR count). The summed E-state index contributed by atoms with van der Waals surface area (Å²) < 4.78 is 45.7. The summed E-state index contributed by atoms with van der Waals surface area (Å²) in [5.74, 6) is -1.43. The molecule has 1 aromatic carbocycles. The smallest absolute Gasteiger partial charge is 0.408 e. The van der Waals surface area contributed by atoms with Gasteiger partial charge in [0.1, 0.15) is 51.0 Å². The molecule has 17 heteroatoms. The standard InChI is InChI=1S/C44H60N6O9S2/c1-14-26-20-44(26,38(53)49-61(55,56)43(12)17-18-43)48-35(51)30-21-42(11,23-50(30)37(52)34(40(5,6)7)47-39(54)59-41(8,9)10)58-32-19-28(36-46-29(22-60-36)24(2)3)45-33-25(4)31(57-13)16-15-27(32)33/h14-16,19,22,24,26,30,34H,1,17-18,20-21,23H2,2-13H3,(H,47,54)(H,48,51)(H,49,53)/t26-,30+,34-,42?,44-/m1/s1. The predicted molar refractivity (Wildman–Crippen MR) is 234 cm³/mol. The molecule has 5 atom stereocenters. The Morgan fingerprint density at radius 2 is 1.70 bits per heavy atom. The number of nitrogens with one attached hydrogen (secondary N) is 3. The molecule has 61 heavy (non-hydrogen) atoms. The van der Waals surface area contributed by atoms with Gasteiger partial charge < -0.3 is 29.7 Å². The third kappa shape index (κ3) is 9.23. The van der Waals surface area contributed by atoms with Crippen molar-refractivity contribution in [3.05, 3.63) is 47.5 Å². The van der Waals surface area contributed by atoms with Crippen molar-refractivity contribution in [2.24, 2.45) is 11.3 Å². The number of fused-ring (bicyclic) bond motifs is 1. The quantitative estimate of drug-likeness (QED) is 0.158. The van der Waals surface area contributed by atoms with E-state index in [1.807, 2.05) is 30.5 Å². The van der Waals surface area contributed by atoms with Gasteiger partial charge in [-0.25, -0.2) is 23.2 Å². The zero-order valence-corrected chi connectivity index (χ0v) is 38.9. The maximum absolute atomic E-state index is 14.9. The number of sulfonamides is 1. The fourth-order valence-electron chi connectivity index (χ4n) is 7.68. The Balaban J connectivity index is 1.40. The molecule has 1 unspecified atom stereocenters. The molecule has 1 aliphatic heterocycles. The predicted octanol–water partition coefficient (Wildman–Crippen LogP) is 6.54. The third-order valence-corrected chi connectivity index (χ3v) is 14.8. The number of nitrogens with zero attached hydrogens (tertiary/aromatic N) is 3. The van der Waals surface area contributed by atoms with Crippen LogP contribution in [0.3, 0.4) is 0 Å². The summed E-state index contributed by atoms with van der Waals surface area (Å²) in [6.45, 7) is 23.6. The van der Waals surface area contributed by atoms with Gasteiger partial charge in [-0.15, -0.1) is 17.9 Å². The Labute approximate surface area is 362 Å². The van der Waals surface area contributed by atoms with E-state index in [0.717, 1.165) is 11.3 Å². The first-order chi connectivity index (χ1) is 28.2. The van der Waals surface area contributed by atoms with Gasteiger partial charge in [0.15, 0.2) is 0 Å². The highest BCUT2D eigenvalue weighted by Crippen LogP contribution is 2.48. The van der Waals surface area contributed by atoms with Crippen LogP contribution in [-0.4, -0.2) is 94.3 Å². The molecule has 15 nitrogen and oxygen atoms in total. The van der Waals surface area contributed by atoms with Crippen molar-refractivity contribution in [1.29, 1.82) is 0 Å². The summed E-state index contributed by atoms with van der Waals surface area (Å²) in [5.41, 5.74) is -1.65. The highest BCUT2D eigenvalue weighted by Gasteiger charge is 2.63. The van der Waals surface area contributed by atoms with Gasteiger partial charge in [0.05, 0.1) is 29.6 Å². The molecule has 0 radical (unpaired) electrons. The molecule has 0 bridgehead atoms. The molecule has 3 fully saturated rings. The van der Waals surface area contributed by atoms with E-state index in [-0.39, 0.29) is 25.3 Å². The molecule has 3 heterocycles. The summed E-state index contributed by atoms with van der Waals surface area (Å²) in [5, 5.41) is 8.96. The average Bonchev–Trinajstić information content (AvgIpc) is 3.96. The van der Waals surface area contributed by atoms with Crippen LogP contribution >= 0.6 is 11.3 Å². The van der Waals surface area contributed by atoms with Gasteiger partial charge in [-0.1, -0.05) is 40.7 Å². The molecule has 1 saturated heterocycles. The minimum atomic E-state index is -4.04. The lowest BCUT2D eigenvalue weighted by atomic mass is 9.85. The van der Waals surface area contributed by atoms with Crippen molar-refractivity contribution in [2.75, 3.05) is 13.7 Å². The van der Waals surface area contributed by atoms with E-state index in [1.165, 1.54) is 22.3 Å². The van der Waals surface area contributed by atoms with E-state index in [4.69, 9.17) is 24.2 Å². The zero-order valence-electron chi connectivity index (χ0n) is 37.3. The number of hydrogen-bond acceptors (Lipinski definition) is 12. The zero-order chi connectivity index (χ0) is 45.2. The van der Waals surface area contributed by atoms with Gasteiger partial charge in [-0.2, -0.15) is 0 Å². The van der Waals surface area contributed by atoms with Gasteiger partial charge in [-0.05, 0) is 84.3 Å². The minimum absolute atomic E-state index is 0.0380. The van der Waals surface area contributed by atoms with E-state index in [0.29, 0.717) is 45.9 Å². The van der Waals surface area contributed by atoms with Crippen LogP contribution in [0.5, 0.6) is 11.5 Å². The van der Waals surface area contributed by atoms with Crippen LogP contribution in [0, 0.1) is 18.3 Å². The second-order valence-electron chi connectivity index (χ2n) is 19.6. The lowest BCUT2D eigenvalue weighted by Gasteiger charge is -2.36. The van der Waals surface area contributed by atoms with Crippen LogP contribution in [0.1, 0.15) is 112 Å². The molecule has 2 aliphatic carbocycles. The molecule has 3 aromatic rings. The number of aromatic nitrogens is 2. The number of ether oxygens (including phenoxy) is 3. The first-order valence-electron chi connectivity index (χ1n) is 20.6. The van der Waals surface area contributed by atoms with Crippen molar-refractivity contribution in [3.63, 3.8) is 0 Å². The number of aryl methyl sites for hydroxylation is 1. The Bertz CT molecular complexity index is 2380. The summed E-state index contributed by atoms with van der Waals surface area (Å²) in [6.07, 6.45) is 1.60. The summed E-state index contributed by atoms with van der Waals surface area (Å²) in [7, 11) is -2.45. The number of pyridine rings is 1. The van der Waals surface area contributed by atoms with E-state index in [9.17, 15) is 27.6 Å². The van der Waals surface area contributed by atoms with Gasteiger partial charge in [0.25, 0.3) is 5.91 Å². The van der Waals surface area contributed by atoms with Crippen LogP contribution in [0.15, 0.2) is 36.2 Å². The highest BCUT2D eigenvalue weighted by molar-refractivity contribution is 7.91. The number of alkyl carbamates (subject to hydrolysis) is 1. The molecule has 4 amide bonds. The number of hydrogen-bond donors (Lipinski definition) is 3. The van der Waals surface area contributed by atoms with Gasteiger partial charge >= 0.3 is 6.09 Å². The summed E-state index contributed by atoms with van der Waals surface area (Å²) >= 11 is 1.46. The van der Waals surface area contributed by atoms with E-state index in [1.54, 1.807) is 62.5 Å². The monoisotopic (exact) mass is 880 g/mol. The van der Waals surface area contributed by atoms with Crippen molar-refractivity contribution < 1.29 is 41.8 Å². The van der Waals surface area contributed by atoms with Gasteiger partial charge in [0, 0.05) is 34.7 Å². The Morgan fingerprint density at radius 1 is 1.03 bits per heavy atom. The Morgan fingerprint density at radius 3 is 2.25 bits per heavy atom. The molecule has 2 aromatic heterocycles. The molecule has 0 spiro atoms. The second-order valence-corrected chi connectivity index (χ2v) is 22.7.